The molecule has 2 aliphatic rings. The number of carbonyl (C=O) groups excluding carboxylic acids is 1. The quantitative estimate of drug-likeness (QED) is 0.802. The predicted octanol–water partition coefficient (Wildman–Crippen LogP) is 2.50. The molecule has 0 spiro atoms. The lowest BCUT2D eigenvalue weighted by Crippen LogP contribution is -2.29. The van der Waals surface area contributed by atoms with Gasteiger partial charge in [0.15, 0.2) is 11.5 Å². The van der Waals surface area contributed by atoms with Gasteiger partial charge in [-0.1, -0.05) is 12.1 Å². The van der Waals surface area contributed by atoms with E-state index >= 15 is 0 Å². The Labute approximate surface area is 145 Å². The number of pyridine rings is 1. The molecule has 1 unspecified atom stereocenters. The average molecular weight is 338 g/mol. The van der Waals surface area contributed by atoms with Crippen molar-refractivity contribution in [3.05, 3.63) is 54.2 Å². The summed E-state index contributed by atoms with van der Waals surface area (Å²) in [6.45, 7) is 1.50. The number of likely N-dealkylation sites (tertiary alicyclic amines) is 1. The van der Waals surface area contributed by atoms with E-state index < -0.39 is 0 Å². The minimum absolute atomic E-state index is 0.0159. The summed E-state index contributed by atoms with van der Waals surface area (Å²) >= 11 is 0. The molecule has 128 valence electrons. The molecule has 1 aromatic carbocycles. The van der Waals surface area contributed by atoms with E-state index in [0.717, 1.165) is 17.7 Å². The molecule has 1 fully saturated rings. The van der Waals surface area contributed by atoms with Gasteiger partial charge in [-0.2, -0.15) is 0 Å². The highest BCUT2D eigenvalue weighted by molar-refractivity contribution is 5.92. The SMILES string of the molecule is O=C(/C=C/c1ccc2c(c1)OCO2)N1CCC(Oc2ccccn2)C1. The average Bonchev–Trinajstić information content (AvgIpc) is 3.29. The van der Waals surface area contributed by atoms with E-state index in [0.29, 0.717) is 24.7 Å². The summed E-state index contributed by atoms with van der Waals surface area (Å²) in [5.74, 6) is 2.01. The van der Waals surface area contributed by atoms with E-state index in [2.05, 4.69) is 4.98 Å². The van der Waals surface area contributed by atoms with Crippen molar-refractivity contribution in [1.82, 2.24) is 9.88 Å². The highest BCUT2D eigenvalue weighted by Crippen LogP contribution is 2.32. The van der Waals surface area contributed by atoms with Gasteiger partial charge in [-0.15, -0.1) is 0 Å². The van der Waals surface area contributed by atoms with Crippen LogP contribution in [-0.2, 0) is 4.79 Å². The molecule has 1 amide bonds. The molecule has 6 nitrogen and oxygen atoms in total. The monoisotopic (exact) mass is 338 g/mol. The van der Waals surface area contributed by atoms with Crippen molar-refractivity contribution in [2.75, 3.05) is 19.9 Å². The Morgan fingerprint density at radius 3 is 3.04 bits per heavy atom. The van der Waals surface area contributed by atoms with Gasteiger partial charge in [0.2, 0.25) is 18.6 Å². The molecule has 1 saturated heterocycles. The summed E-state index contributed by atoms with van der Waals surface area (Å²) in [6.07, 6.45) is 5.86. The fraction of sp³-hybridized carbons (Fsp3) is 0.263. The number of hydrogen-bond acceptors (Lipinski definition) is 5. The van der Waals surface area contributed by atoms with Crippen molar-refractivity contribution in [2.45, 2.75) is 12.5 Å². The van der Waals surface area contributed by atoms with E-state index in [1.165, 1.54) is 0 Å². The normalized spacial score (nSPS) is 18.7. The second kappa shape index (κ2) is 6.84. The van der Waals surface area contributed by atoms with Crippen LogP contribution in [0.5, 0.6) is 17.4 Å². The van der Waals surface area contributed by atoms with Gasteiger partial charge < -0.3 is 19.1 Å². The van der Waals surface area contributed by atoms with Crippen LogP contribution in [0.2, 0.25) is 0 Å². The van der Waals surface area contributed by atoms with Gasteiger partial charge in [-0.25, -0.2) is 4.98 Å². The molecule has 6 heteroatoms. The predicted molar refractivity (Wildman–Crippen MR) is 91.4 cm³/mol. The van der Waals surface area contributed by atoms with Crippen molar-refractivity contribution >= 4 is 12.0 Å². The molecule has 2 aliphatic heterocycles. The molecule has 1 aromatic heterocycles. The third-order valence-electron chi connectivity index (χ3n) is 4.20. The van der Waals surface area contributed by atoms with Crippen molar-refractivity contribution in [3.8, 4) is 17.4 Å². The largest absolute Gasteiger partial charge is 0.472 e. The lowest BCUT2D eigenvalue weighted by Gasteiger charge is -2.15. The van der Waals surface area contributed by atoms with Crippen LogP contribution < -0.4 is 14.2 Å². The Hall–Kier alpha value is -3.02. The molecule has 1 atom stereocenters. The smallest absolute Gasteiger partial charge is 0.246 e. The number of fused-ring (bicyclic) bond motifs is 1. The minimum atomic E-state index is -0.0233. The van der Waals surface area contributed by atoms with Gasteiger partial charge in [-0.05, 0) is 29.8 Å². The number of ether oxygens (including phenoxy) is 3. The summed E-state index contributed by atoms with van der Waals surface area (Å²) in [7, 11) is 0. The number of hydrogen-bond donors (Lipinski definition) is 0. The van der Waals surface area contributed by atoms with Crippen LogP contribution in [0, 0.1) is 0 Å². The van der Waals surface area contributed by atoms with Crippen LogP contribution in [0.15, 0.2) is 48.7 Å². The number of amides is 1. The van der Waals surface area contributed by atoms with Crippen LogP contribution in [0.1, 0.15) is 12.0 Å². The fourth-order valence-corrected chi connectivity index (χ4v) is 2.90. The zero-order valence-electron chi connectivity index (χ0n) is 13.6. The van der Waals surface area contributed by atoms with Crippen molar-refractivity contribution in [3.63, 3.8) is 0 Å². The molecule has 4 rings (SSSR count). The molecule has 0 bridgehead atoms. The maximum absolute atomic E-state index is 12.4. The van der Waals surface area contributed by atoms with Gasteiger partial charge >= 0.3 is 0 Å². The Morgan fingerprint density at radius 2 is 2.16 bits per heavy atom. The Bertz CT molecular complexity index is 791. The summed E-state index contributed by atoms with van der Waals surface area (Å²) in [5.41, 5.74) is 0.901. The first-order chi connectivity index (χ1) is 12.3. The first kappa shape index (κ1) is 15.5. The second-order valence-corrected chi connectivity index (χ2v) is 5.93. The summed E-state index contributed by atoms with van der Waals surface area (Å²) in [5, 5.41) is 0. The molecule has 0 radical (unpaired) electrons. The van der Waals surface area contributed by atoms with Crippen LogP contribution in [-0.4, -0.2) is 41.8 Å². The Balaban J connectivity index is 1.34. The standard InChI is InChI=1S/C19H18N2O4/c22-19(7-5-14-4-6-16-17(11-14)24-13-23-16)21-10-8-15(12-21)25-18-3-1-2-9-20-18/h1-7,9,11,15H,8,10,12-13H2/b7-5+. The first-order valence-corrected chi connectivity index (χ1v) is 8.22. The lowest BCUT2D eigenvalue weighted by atomic mass is 10.2. The fourth-order valence-electron chi connectivity index (χ4n) is 2.90. The molecule has 0 N–H and O–H groups in total. The number of rotatable bonds is 4. The highest BCUT2D eigenvalue weighted by atomic mass is 16.7. The van der Waals surface area contributed by atoms with E-state index in [-0.39, 0.29) is 18.8 Å². The van der Waals surface area contributed by atoms with Gasteiger partial charge in [0, 0.05) is 31.3 Å². The van der Waals surface area contributed by atoms with Crippen LogP contribution in [0.3, 0.4) is 0 Å². The zero-order chi connectivity index (χ0) is 17.1. The van der Waals surface area contributed by atoms with E-state index in [1.54, 1.807) is 23.2 Å². The molecule has 3 heterocycles. The number of nitrogens with zero attached hydrogens (tertiary/aromatic N) is 2. The van der Waals surface area contributed by atoms with Crippen LogP contribution in [0.25, 0.3) is 6.08 Å². The van der Waals surface area contributed by atoms with Crippen LogP contribution in [0.4, 0.5) is 0 Å². The molecule has 2 aromatic rings. The molecule has 25 heavy (non-hydrogen) atoms. The Morgan fingerprint density at radius 1 is 1.24 bits per heavy atom. The third kappa shape index (κ3) is 3.57. The maximum atomic E-state index is 12.4. The van der Waals surface area contributed by atoms with E-state index in [9.17, 15) is 4.79 Å². The number of aromatic nitrogens is 1. The van der Waals surface area contributed by atoms with E-state index in [4.69, 9.17) is 14.2 Å². The van der Waals surface area contributed by atoms with Gasteiger partial charge in [-0.3, -0.25) is 4.79 Å². The van der Waals surface area contributed by atoms with Crippen LogP contribution >= 0.6 is 0 Å². The third-order valence-corrected chi connectivity index (χ3v) is 4.20. The summed E-state index contributed by atoms with van der Waals surface area (Å²) in [6, 6.07) is 11.2. The highest BCUT2D eigenvalue weighted by Gasteiger charge is 2.26. The Kier molecular flexibility index (Phi) is 4.24. The summed E-state index contributed by atoms with van der Waals surface area (Å²) < 4.78 is 16.4. The first-order valence-electron chi connectivity index (χ1n) is 8.22. The number of carbonyl (C=O) groups is 1. The second-order valence-electron chi connectivity index (χ2n) is 5.93. The number of benzene rings is 1. The van der Waals surface area contributed by atoms with Gasteiger partial charge in [0.25, 0.3) is 0 Å². The van der Waals surface area contributed by atoms with Crippen molar-refractivity contribution < 1.29 is 19.0 Å². The zero-order valence-corrected chi connectivity index (χ0v) is 13.6. The van der Waals surface area contributed by atoms with Crippen molar-refractivity contribution in [1.29, 1.82) is 0 Å². The minimum Gasteiger partial charge on any atom is -0.472 e. The lowest BCUT2D eigenvalue weighted by molar-refractivity contribution is -0.125. The topological polar surface area (TPSA) is 60.9 Å². The van der Waals surface area contributed by atoms with E-state index in [1.807, 2.05) is 36.4 Å². The maximum Gasteiger partial charge on any atom is 0.246 e. The van der Waals surface area contributed by atoms with Gasteiger partial charge in [0.1, 0.15) is 6.10 Å². The molecular weight excluding hydrogens is 320 g/mol. The van der Waals surface area contributed by atoms with Crippen molar-refractivity contribution in [2.24, 2.45) is 0 Å². The van der Waals surface area contributed by atoms with Gasteiger partial charge in [0.05, 0.1) is 6.54 Å². The molecule has 0 saturated carbocycles. The summed E-state index contributed by atoms with van der Waals surface area (Å²) in [4.78, 5) is 18.3. The molecule has 0 aliphatic carbocycles. The molecular formula is C19H18N2O4.